The lowest BCUT2D eigenvalue weighted by Crippen LogP contribution is -2.31. The van der Waals surface area contributed by atoms with Crippen molar-refractivity contribution in [3.8, 4) is 0 Å². The van der Waals surface area contributed by atoms with Gasteiger partial charge in [0.05, 0.1) is 18.7 Å². The van der Waals surface area contributed by atoms with Gasteiger partial charge in [0.15, 0.2) is 0 Å². The normalized spacial score (nSPS) is 15.1. The van der Waals surface area contributed by atoms with Gasteiger partial charge in [-0.2, -0.15) is 0 Å². The van der Waals surface area contributed by atoms with Crippen LogP contribution in [0.2, 0.25) is 0 Å². The molecule has 0 saturated carbocycles. The van der Waals surface area contributed by atoms with Gasteiger partial charge in [0, 0.05) is 25.8 Å². The topological polar surface area (TPSA) is 100 Å². The number of rotatable bonds is 5. The van der Waals surface area contributed by atoms with E-state index < -0.39 is 5.97 Å². The van der Waals surface area contributed by atoms with E-state index in [1.165, 1.54) is 0 Å². The Kier molecular flexibility index (Phi) is 3.22. The molecule has 1 aromatic heterocycles. The third kappa shape index (κ3) is 2.92. The van der Waals surface area contributed by atoms with Crippen molar-refractivity contribution in [1.29, 1.82) is 0 Å². The fraction of sp³-hybridized carbons (Fsp3) is 0.556. The number of amides is 2. The van der Waals surface area contributed by atoms with Crippen molar-refractivity contribution < 1.29 is 14.7 Å². The number of carbonyl (C=O) groups is 2. The van der Waals surface area contributed by atoms with Gasteiger partial charge in [-0.15, -0.1) is 5.10 Å². The fourth-order valence-corrected chi connectivity index (χ4v) is 1.63. The summed E-state index contributed by atoms with van der Waals surface area (Å²) in [5.41, 5.74) is 0.420. The fourth-order valence-electron chi connectivity index (χ4n) is 1.63. The number of hydrogen-bond donors (Lipinski definition) is 2. The minimum Gasteiger partial charge on any atom is -0.481 e. The highest BCUT2D eigenvalue weighted by molar-refractivity contribution is 5.76. The van der Waals surface area contributed by atoms with Crippen LogP contribution in [0.25, 0.3) is 0 Å². The molecule has 1 aromatic rings. The van der Waals surface area contributed by atoms with Crippen molar-refractivity contribution >= 4 is 12.0 Å². The largest absolute Gasteiger partial charge is 0.481 e. The Labute approximate surface area is 97.2 Å². The summed E-state index contributed by atoms with van der Waals surface area (Å²) < 4.78 is 1.55. The van der Waals surface area contributed by atoms with Crippen molar-refractivity contribution in [3.05, 3.63) is 11.9 Å². The van der Waals surface area contributed by atoms with E-state index in [2.05, 4.69) is 15.6 Å². The second-order valence-corrected chi connectivity index (χ2v) is 3.76. The zero-order valence-electron chi connectivity index (χ0n) is 9.17. The average molecular weight is 239 g/mol. The van der Waals surface area contributed by atoms with Crippen LogP contribution < -0.4 is 5.32 Å². The van der Waals surface area contributed by atoms with Gasteiger partial charge in [0.2, 0.25) is 0 Å². The third-order valence-electron chi connectivity index (χ3n) is 2.46. The summed E-state index contributed by atoms with van der Waals surface area (Å²) in [6.45, 7) is 2.41. The second kappa shape index (κ2) is 4.81. The number of urea groups is 1. The molecular weight excluding hydrogens is 226 g/mol. The molecule has 0 bridgehead atoms. The number of hydrogen-bond acceptors (Lipinski definition) is 4. The highest BCUT2D eigenvalue weighted by atomic mass is 16.4. The van der Waals surface area contributed by atoms with Crippen LogP contribution in [-0.2, 0) is 17.8 Å². The number of carboxylic acids is 1. The average Bonchev–Trinajstić information content (AvgIpc) is 2.84. The summed E-state index contributed by atoms with van der Waals surface area (Å²) in [6.07, 6.45) is 1.45. The van der Waals surface area contributed by atoms with Gasteiger partial charge in [0.25, 0.3) is 0 Å². The van der Waals surface area contributed by atoms with Crippen molar-refractivity contribution in [1.82, 2.24) is 25.2 Å². The van der Waals surface area contributed by atoms with Crippen LogP contribution >= 0.6 is 0 Å². The van der Waals surface area contributed by atoms with E-state index in [4.69, 9.17) is 5.11 Å². The maximum absolute atomic E-state index is 11.2. The molecular formula is C9H13N5O3. The van der Waals surface area contributed by atoms with Crippen LogP contribution in [-0.4, -0.2) is 56.6 Å². The molecule has 2 amide bonds. The van der Waals surface area contributed by atoms with Crippen molar-refractivity contribution in [2.75, 3.05) is 19.6 Å². The molecule has 2 heterocycles. The maximum Gasteiger partial charge on any atom is 0.317 e. The molecule has 1 saturated heterocycles. The number of aliphatic carboxylic acids is 1. The van der Waals surface area contributed by atoms with Crippen LogP contribution in [0.1, 0.15) is 5.69 Å². The van der Waals surface area contributed by atoms with E-state index >= 15 is 0 Å². The molecule has 92 valence electrons. The SMILES string of the molecule is O=C(O)Cc1cn(CCN2CCNC2=O)nn1. The number of carboxylic acid groups (broad SMARTS) is 1. The Balaban J connectivity index is 1.84. The van der Waals surface area contributed by atoms with Crippen molar-refractivity contribution in [2.45, 2.75) is 13.0 Å². The van der Waals surface area contributed by atoms with Crippen LogP contribution in [0, 0.1) is 0 Å². The van der Waals surface area contributed by atoms with Crippen LogP contribution in [0.5, 0.6) is 0 Å². The molecule has 2 N–H and O–H groups in total. The van der Waals surface area contributed by atoms with Crippen LogP contribution in [0.3, 0.4) is 0 Å². The van der Waals surface area contributed by atoms with E-state index in [-0.39, 0.29) is 12.5 Å². The zero-order valence-corrected chi connectivity index (χ0v) is 9.17. The summed E-state index contributed by atoms with van der Waals surface area (Å²) >= 11 is 0. The summed E-state index contributed by atoms with van der Waals surface area (Å²) in [5.74, 6) is -0.934. The first-order chi connectivity index (χ1) is 8.15. The first-order valence-electron chi connectivity index (χ1n) is 5.29. The minimum absolute atomic E-state index is 0.0733. The maximum atomic E-state index is 11.2. The summed E-state index contributed by atoms with van der Waals surface area (Å²) in [6, 6.07) is -0.0733. The highest BCUT2D eigenvalue weighted by Crippen LogP contribution is 1.99. The lowest BCUT2D eigenvalue weighted by atomic mass is 10.3. The molecule has 0 radical (unpaired) electrons. The Morgan fingerprint density at radius 3 is 3.00 bits per heavy atom. The van der Waals surface area contributed by atoms with Crippen LogP contribution in [0.15, 0.2) is 6.20 Å². The molecule has 0 atom stereocenters. The van der Waals surface area contributed by atoms with E-state index in [0.717, 1.165) is 0 Å². The van der Waals surface area contributed by atoms with Gasteiger partial charge in [-0.05, 0) is 0 Å². The number of carbonyl (C=O) groups excluding carboxylic acids is 1. The first kappa shape index (κ1) is 11.4. The number of aromatic nitrogens is 3. The smallest absolute Gasteiger partial charge is 0.317 e. The Bertz CT molecular complexity index is 430. The summed E-state index contributed by atoms with van der Waals surface area (Å²) in [4.78, 5) is 23.4. The monoisotopic (exact) mass is 239 g/mol. The summed E-state index contributed by atoms with van der Waals surface area (Å²) in [7, 11) is 0. The molecule has 1 aliphatic rings. The molecule has 0 aliphatic carbocycles. The third-order valence-corrected chi connectivity index (χ3v) is 2.46. The second-order valence-electron chi connectivity index (χ2n) is 3.76. The number of nitrogens with one attached hydrogen (secondary N) is 1. The van der Waals surface area contributed by atoms with Gasteiger partial charge in [0.1, 0.15) is 0 Å². The Morgan fingerprint density at radius 1 is 1.53 bits per heavy atom. The van der Waals surface area contributed by atoms with Crippen LogP contribution in [0.4, 0.5) is 4.79 Å². The lowest BCUT2D eigenvalue weighted by Gasteiger charge is -2.12. The molecule has 1 aliphatic heterocycles. The molecule has 0 spiro atoms. The standard InChI is InChI=1S/C9H13N5O3/c15-8(16)5-7-6-14(12-11-7)4-3-13-2-1-10-9(13)17/h6H,1-5H2,(H,10,17)(H,15,16). The molecule has 0 aromatic carbocycles. The van der Waals surface area contributed by atoms with Gasteiger partial charge in [-0.25, -0.2) is 4.79 Å². The van der Waals surface area contributed by atoms with Crippen molar-refractivity contribution in [2.24, 2.45) is 0 Å². The molecule has 8 heteroatoms. The van der Waals surface area contributed by atoms with E-state index in [9.17, 15) is 9.59 Å². The van der Waals surface area contributed by atoms with E-state index in [1.54, 1.807) is 15.8 Å². The minimum atomic E-state index is -0.934. The zero-order chi connectivity index (χ0) is 12.3. The highest BCUT2D eigenvalue weighted by Gasteiger charge is 2.18. The molecule has 1 fully saturated rings. The predicted octanol–water partition coefficient (Wildman–Crippen LogP) is -1.07. The van der Waals surface area contributed by atoms with Gasteiger partial charge in [-0.1, -0.05) is 5.21 Å². The lowest BCUT2D eigenvalue weighted by molar-refractivity contribution is -0.136. The van der Waals surface area contributed by atoms with Crippen molar-refractivity contribution in [3.63, 3.8) is 0 Å². The Morgan fingerprint density at radius 2 is 2.35 bits per heavy atom. The summed E-state index contributed by atoms with van der Waals surface area (Å²) in [5, 5.41) is 18.8. The first-order valence-corrected chi connectivity index (χ1v) is 5.29. The predicted molar refractivity (Wildman–Crippen MR) is 56.3 cm³/mol. The molecule has 8 nitrogen and oxygen atoms in total. The molecule has 17 heavy (non-hydrogen) atoms. The molecule has 2 rings (SSSR count). The van der Waals surface area contributed by atoms with E-state index in [0.29, 0.717) is 31.9 Å². The number of nitrogens with zero attached hydrogens (tertiary/aromatic N) is 4. The Hall–Kier alpha value is -2.12. The van der Waals surface area contributed by atoms with Gasteiger partial charge in [-0.3, -0.25) is 9.48 Å². The van der Waals surface area contributed by atoms with Gasteiger partial charge >= 0.3 is 12.0 Å². The quantitative estimate of drug-likeness (QED) is 0.681. The van der Waals surface area contributed by atoms with E-state index in [1.807, 2.05) is 0 Å². The molecule has 0 unspecified atom stereocenters. The van der Waals surface area contributed by atoms with Gasteiger partial charge < -0.3 is 15.3 Å².